The first-order chi connectivity index (χ1) is 6.18. The van der Waals surface area contributed by atoms with Crippen molar-refractivity contribution in [3.63, 3.8) is 0 Å². The summed E-state index contributed by atoms with van der Waals surface area (Å²) >= 11 is 0. The lowest BCUT2D eigenvalue weighted by Gasteiger charge is -2.05. The number of benzene rings is 1. The van der Waals surface area contributed by atoms with Crippen LogP contribution in [-0.2, 0) is 0 Å². The summed E-state index contributed by atoms with van der Waals surface area (Å²) in [6, 6.07) is 10.1. The van der Waals surface area contributed by atoms with Crippen LogP contribution < -0.4 is 5.32 Å². The molecule has 0 bridgehead atoms. The molecule has 0 heterocycles. The normalized spacial score (nSPS) is 11.1. The van der Waals surface area contributed by atoms with E-state index in [1.807, 2.05) is 50.3 Å². The molecule has 1 rings (SSSR count). The van der Waals surface area contributed by atoms with Gasteiger partial charge in [-0.25, -0.2) is 0 Å². The van der Waals surface area contributed by atoms with E-state index >= 15 is 0 Å². The standard InChI is InChI=1S/C12H15N/c1-10(2)9-11(3)13-12-7-5-4-6-8-12/h4-9,13H,1H2,2-3H3/b11-9+. The lowest BCUT2D eigenvalue weighted by molar-refractivity contribution is 1.35. The molecule has 0 radical (unpaired) electrons. The van der Waals surface area contributed by atoms with E-state index in [9.17, 15) is 0 Å². The molecule has 0 atom stereocenters. The summed E-state index contributed by atoms with van der Waals surface area (Å²) in [6.45, 7) is 7.83. The van der Waals surface area contributed by atoms with Crippen LogP contribution in [0.2, 0.25) is 0 Å². The van der Waals surface area contributed by atoms with Gasteiger partial charge in [0.1, 0.15) is 0 Å². The highest BCUT2D eigenvalue weighted by Gasteiger charge is 1.89. The number of rotatable bonds is 3. The summed E-state index contributed by atoms with van der Waals surface area (Å²) in [5.41, 5.74) is 3.28. The molecule has 0 aliphatic rings. The minimum atomic E-state index is 1.06. The molecule has 0 unspecified atom stereocenters. The van der Waals surface area contributed by atoms with E-state index in [0.29, 0.717) is 0 Å². The molecule has 0 amide bonds. The maximum Gasteiger partial charge on any atom is 0.0381 e. The number of hydrogen-bond acceptors (Lipinski definition) is 1. The zero-order valence-electron chi connectivity index (χ0n) is 8.17. The monoisotopic (exact) mass is 173 g/mol. The Hall–Kier alpha value is -1.50. The highest BCUT2D eigenvalue weighted by Crippen LogP contribution is 2.09. The molecule has 13 heavy (non-hydrogen) atoms. The van der Waals surface area contributed by atoms with Gasteiger partial charge in [-0.1, -0.05) is 30.4 Å². The Kier molecular flexibility index (Phi) is 3.32. The van der Waals surface area contributed by atoms with Gasteiger partial charge in [0.15, 0.2) is 0 Å². The maximum atomic E-state index is 3.82. The molecular formula is C12H15N. The van der Waals surface area contributed by atoms with Gasteiger partial charge >= 0.3 is 0 Å². The van der Waals surface area contributed by atoms with Crippen LogP contribution in [0.3, 0.4) is 0 Å². The van der Waals surface area contributed by atoms with E-state index in [4.69, 9.17) is 0 Å². The summed E-state index contributed by atoms with van der Waals surface area (Å²) in [6.07, 6.45) is 2.02. The molecule has 0 fully saturated rings. The van der Waals surface area contributed by atoms with Crippen LogP contribution in [0.4, 0.5) is 5.69 Å². The smallest absolute Gasteiger partial charge is 0.0381 e. The van der Waals surface area contributed by atoms with Gasteiger partial charge in [0.05, 0.1) is 0 Å². The molecule has 1 heteroatoms. The summed E-state index contributed by atoms with van der Waals surface area (Å²) < 4.78 is 0. The van der Waals surface area contributed by atoms with Crippen molar-refractivity contribution in [2.45, 2.75) is 13.8 Å². The Bertz CT molecular complexity index is 309. The third kappa shape index (κ3) is 3.61. The van der Waals surface area contributed by atoms with Crippen LogP contribution in [0.25, 0.3) is 0 Å². The molecule has 0 aliphatic carbocycles. The zero-order valence-corrected chi connectivity index (χ0v) is 8.17. The van der Waals surface area contributed by atoms with Crippen LogP contribution in [-0.4, -0.2) is 0 Å². The predicted molar refractivity (Wildman–Crippen MR) is 58.6 cm³/mol. The van der Waals surface area contributed by atoms with Crippen molar-refractivity contribution in [2.75, 3.05) is 5.32 Å². The van der Waals surface area contributed by atoms with E-state index in [-0.39, 0.29) is 0 Å². The van der Waals surface area contributed by atoms with Crippen LogP contribution >= 0.6 is 0 Å². The van der Waals surface area contributed by atoms with Gasteiger partial charge < -0.3 is 5.32 Å². The van der Waals surface area contributed by atoms with E-state index < -0.39 is 0 Å². The molecule has 0 saturated heterocycles. The van der Waals surface area contributed by atoms with Crippen molar-refractivity contribution < 1.29 is 0 Å². The van der Waals surface area contributed by atoms with Crippen LogP contribution in [0.1, 0.15) is 13.8 Å². The minimum absolute atomic E-state index is 1.06. The summed E-state index contributed by atoms with van der Waals surface area (Å²) in [5.74, 6) is 0. The first-order valence-electron chi connectivity index (χ1n) is 4.34. The molecule has 1 aromatic carbocycles. The van der Waals surface area contributed by atoms with Crippen molar-refractivity contribution in [1.82, 2.24) is 0 Å². The quantitative estimate of drug-likeness (QED) is 0.689. The Morgan fingerprint density at radius 1 is 1.23 bits per heavy atom. The second kappa shape index (κ2) is 4.51. The molecule has 68 valence electrons. The molecule has 0 spiro atoms. The van der Waals surface area contributed by atoms with Gasteiger partial charge in [-0.05, 0) is 32.1 Å². The average molecular weight is 173 g/mol. The lowest BCUT2D eigenvalue weighted by atomic mass is 10.2. The lowest BCUT2D eigenvalue weighted by Crippen LogP contribution is -1.94. The molecule has 1 aromatic rings. The first-order valence-corrected chi connectivity index (χ1v) is 4.34. The Morgan fingerprint density at radius 3 is 2.38 bits per heavy atom. The molecular weight excluding hydrogens is 158 g/mol. The number of allylic oxidation sites excluding steroid dienone is 3. The minimum Gasteiger partial charge on any atom is -0.359 e. The van der Waals surface area contributed by atoms with E-state index in [2.05, 4.69) is 11.9 Å². The van der Waals surface area contributed by atoms with Gasteiger partial charge in [0.25, 0.3) is 0 Å². The third-order valence-corrected chi connectivity index (χ3v) is 1.58. The fraction of sp³-hybridized carbons (Fsp3) is 0.167. The molecule has 1 nitrogen and oxygen atoms in total. The van der Waals surface area contributed by atoms with Crippen LogP contribution in [0.5, 0.6) is 0 Å². The number of anilines is 1. The van der Waals surface area contributed by atoms with Gasteiger partial charge in [-0.2, -0.15) is 0 Å². The zero-order chi connectivity index (χ0) is 9.68. The molecule has 0 saturated carbocycles. The number of nitrogens with one attached hydrogen (secondary N) is 1. The molecule has 0 aliphatic heterocycles. The SMILES string of the molecule is C=C(C)/C=C(\C)Nc1ccccc1. The fourth-order valence-corrected chi connectivity index (χ4v) is 1.15. The number of para-hydroxylation sites is 1. The highest BCUT2D eigenvalue weighted by molar-refractivity contribution is 5.48. The molecule has 1 N–H and O–H groups in total. The average Bonchev–Trinajstić information content (AvgIpc) is 2.04. The van der Waals surface area contributed by atoms with Gasteiger partial charge in [-0.3, -0.25) is 0 Å². The van der Waals surface area contributed by atoms with Gasteiger partial charge in [0, 0.05) is 11.4 Å². The van der Waals surface area contributed by atoms with Crippen molar-refractivity contribution in [3.05, 3.63) is 54.3 Å². The highest BCUT2D eigenvalue weighted by atomic mass is 14.9. The second-order valence-electron chi connectivity index (χ2n) is 3.16. The van der Waals surface area contributed by atoms with E-state index in [1.54, 1.807) is 0 Å². The largest absolute Gasteiger partial charge is 0.359 e. The fourth-order valence-electron chi connectivity index (χ4n) is 1.15. The second-order valence-corrected chi connectivity index (χ2v) is 3.16. The summed E-state index contributed by atoms with van der Waals surface area (Å²) in [5, 5.41) is 3.27. The van der Waals surface area contributed by atoms with Crippen molar-refractivity contribution >= 4 is 5.69 Å². The Balaban J connectivity index is 2.65. The van der Waals surface area contributed by atoms with Crippen molar-refractivity contribution in [3.8, 4) is 0 Å². The van der Waals surface area contributed by atoms with Crippen LogP contribution in [0.15, 0.2) is 54.3 Å². The van der Waals surface area contributed by atoms with E-state index in [0.717, 1.165) is 17.0 Å². The summed E-state index contributed by atoms with van der Waals surface area (Å²) in [4.78, 5) is 0. The van der Waals surface area contributed by atoms with Crippen molar-refractivity contribution in [2.24, 2.45) is 0 Å². The number of hydrogen-bond donors (Lipinski definition) is 1. The topological polar surface area (TPSA) is 12.0 Å². The van der Waals surface area contributed by atoms with Gasteiger partial charge in [-0.15, -0.1) is 0 Å². The van der Waals surface area contributed by atoms with Gasteiger partial charge in [0.2, 0.25) is 0 Å². The Morgan fingerprint density at radius 2 is 1.85 bits per heavy atom. The van der Waals surface area contributed by atoms with Crippen LogP contribution in [0, 0.1) is 0 Å². The predicted octanol–water partition coefficient (Wildman–Crippen LogP) is 3.58. The maximum absolute atomic E-state index is 3.82. The summed E-state index contributed by atoms with van der Waals surface area (Å²) in [7, 11) is 0. The third-order valence-electron chi connectivity index (χ3n) is 1.58. The first kappa shape index (κ1) is 9.59. The Labute approximate surface area is 79.8 Å². The van der Waals surface area contributed by atoms with E-state index in [1.165, 1.54) is 0 Å². The molecule has 0 aromatic heterocycles. The van der Waals surface area contributed by atoms with Crippen molar-refractivity contribution in [1.29, 1.82) is 0 Å².